The normalized spacial score (nSPS) is 22.1. The van der Waals surface area contributed by atoms with Crippen molar-refractivity contribution in [3.8, 4) is 0 Å². The van der Waals surface area contributed by atoms with E-state index in [2.05, 4.69) is 4.90 Å². The summed E-state index contributed by atoms with van der Waals surface area (Å²) in [6.45, 7) is 3.50. The number of aliphatic hydroxyl groups is 1. The van der Waals surface area contributed by atoms with E-state index in [-0.39, 0.29) is 11.9 Å². The molecule has 0 aliphatic carbocycles. The molecule has 4 heteroatoms. The van der Waals surface area contributed by atoms with E-state index in [1.165, 1.54) is 6.07 Å². The predicted molar refractivity (Wildman–Crippen MR) is 60.3 cm³/mol. The lowest BCUT2D eigenvalue weighted by Gasteiger charge is -2.24. The third kappa shape index (κ3) is 2.09. The first kappa shape index (κ1) is 11.5. The highest BCUT2D eigenvalue weighted by atomic mass is 19.1. The quantitative estimate of drug-likeness (QED) is 0.806. The van der Waals surface area contributed by atoms with Crippen LogP contribution >= 0.6 is 0 Å². The number of fused-ring (bicyclic) bond motifs is 1. The van der Waals surface area contributed by atoms with Gasteiger partial charge in [-0.05, 0) is 30.2 Å². The summed E-state index contributed by atoms with van der Waals surface area (Å²) in [6.07, 6.45) is -0.395. The lowest BCUT2D eigenvalue weighted by Crippen LogP contribution is -2.33. The van der Waals surface area contributed by atoms with E-state index in [4.69, 9.17) is 5.73 Å². The molecule has 0 fully saturated rings. The summed E-state index contributed by atoms with van der Waals surface area (Å²) < 4.78 is 13.2. The van der Waals surface area contributed by atoms with Gasteiger partial charge >= 0.3 is 0 Å². The van der Waals surface area contributed by atoms with Crippen molar-refractivity contribution in [1.82, 2.24) is 4.90 Å². The average molecular weight is 224 g/mol. The van der Waals surface area contributed by atoms with Gasteiger partial charge in [-0.25, -0.2) is 4.39 Å². The molecule has 2 atom stereocenters. The van der Waals surface area contributed by atoms with Crippen LogP contribution in [0.25, 0.3) is 0 Å². The lowest BCUT2D eigenvalue weighted by molar-refractivity contribution is 0.105. The van der Waals surface area contributed by atoms with Crippen LogP contribution in [-0.2, 0) is 6.54 Å². The van der Waals surface area contributed by atoms with Gasteiger partial charge in [0, 0.05) is 25.7 Å². The number of nitrogens with two attached hydrogens (primary N) is 1. The number of aliphatic hydroxyl groups excluding tert-OH is 1. The SMILES string of the molecule is CC(O)CN1Cc2ccc(F)cc2C1CN. The molecular formula is C12H17FN2O. The molecule has 3 nitrogen and oxygen atoms in total. The zero-order chi connectivity index (χ0) is 11.7. The summed E-state index contributed by atoms with van der Waals surface area (Å²) in [5.74, 6) is -0.226. The van der Waals surface area contributed by atoms with E-state index in [1.807, 2.05) is 0 Å². The second kappa shape index (κ2) is 4.49. The van der Waals surface area contributed by atoms with Gasteiger partial charge in [-0.3, -0.25) is 4.90 Å². The number of nitrogens with zero attached hydrogens (tertiary/aromatic N) is 1. The Labute approximate surface area is 94.7 Å². The number of hydrogen-bond acceptors (Lipinski definition) is 3. The second-order valence-corrected chi connectivity index (χ2v) is 4.37. The smallest absolute Gasteiger partial charge is 0.123 e. The fraction of sp³-hybridized carbons (Fsp3) is 0.500. The van der Waals surface area contributed by atoms with Gasteiger partial charge in [0.05, 0.1) is 6.10 Å². The Hall–Kier alpha value is -0.970. The van der Waals surface area contributed by atoms with Crippen molar-refractivity contribution in [1.29, 1.82) is 0 Å². The van der Waals surface area contributed by atoms with E-state index in [1.54, 1.807) is 19.1 Å². The van der Waals surface area contributed by atoms with Crippen LogP contribution in [0, 0.1) is 5.82 Å². The first-order valence-electron chi connectivity index (χ1n) is 5.52. The highest BCUT2D eigenvalue weighted by Gasteiger charge is 2.29. The third-order valence-electron chi connectivity index (χ3n) is 3.00. The lowest BCUT2D eigenvalue weighted by atomic mass is 10.0. The monoisotopic (exact) mass is 224 g/mol. The van der Waals surface area contributed by atoms with Gasteiger partial charge in [-0.1, -0.05) is 6.07 Å². The van der Waals surface area contributed by atoms with Gasteiger partial charge in [0.25, 0.3) is 0 Å². The maximum atomic E-state index is 13.2. The molecule has 1 aliphatic rings. The highest BCUT2D eigenvalue weighted by Crippen LogP contribution is 2.33. The second-order valence-electron chi connectivity index (χ2n) is 4.37. The Kier molecular flexibility index (Phi) is 3.23. The predicted octanol–water partition coefficient (Wildman–Crippen LogP) is 1.02. The molecule has 1 aliphatic heterocycles. The minimum absolute atomic E-state index is 0.0281. The van der Waals surface area contributed by atoms with Gasteiger partial charge in [0.1, 0.15) is 5.82 Å². The number of halogens is 1. The van der Waals surface area contributed by atoms with Crippen LogP contribution in [0.15, 0.2) is 18.2 Å². The summed E-state index contributed by atoms with van der Waals surface area (Å²) in [5, 5.41) is 9.40. The van der Waals surface area contributed by atoms with Crippen molar-refractivity contribution >= 4 is 0 Å². The Morgan fingerprint density at radius 2 is 2.38 bits per heavy atom. The fourth-order valence-corrected chi connectivity index (χ4v) is 2.35. The summed E-state index contributed by atoms with van der Waals surface area (Å²) >= 11 is 0. The van der Waals surface area contributed by atoms with Crippen molar-refractivity contribution in [2.75, 3.05) is 13.1 Å². The zero-order valence-electron chi connectivity index (χ0n) is 9.36. The van der Waals surface area contributed by atoms with Crippen molar-refractivity contribution in [3.05, 3.63) is 35.1 Å². The van der Waals surface area contributed by atoms with Gasteiger partial charge in [-0.15, -0.1) is 0 Å². The van der Waals surface area contributed by atoms with Gasteiger partial charge in [0.2, 0.25) is 0 Å². The summed E-state index contributed by atoms with van der Waals surface area (Å²) in [5.41, 5.74) is 7.79. The van der Waals surface area contributed by atoms with E-state index < -0.39 is 6.10 Å². The largest absolute Gasteiger partial charge is 0.392 e. The van der Waals surface area contributed by atoms with Crippen molar-refractivity contribution < 1.29 is 9.50 Å². The Balaban J connectivity index is 2.26. The topological polar surface area (TPSA) is 49.5 Å². The van der Waals surface area contributed by atoms with Crippen LogP contribution in [0.2, 0.25) is 0 Å². The van der Waals surface area contributed by atoms with Crippen molar-refractivity contribution in [3.63, 3.8) is 0 Å². The highest BCUT2D eigenvalue weighted by molar-refractivity contribution is 5.35. The summed E-state index contributed by atoms with van der Waals surface area (Å²) in [4.78, 5) is 2.09. The maximum Gasteiger partial charge on any atom is 0.123 e. The van der Waals surface area contributed by atoms with Crippen LogP contribution in [-0.4, -0.2) is 29.2 Å². The van der Waals surface area contributed by atoms with E-state index in [9.17, 15) is 9.50 Å². The molecule has 0 bridgehead atoms. The first-order valence-corrected chi connectivity index (χ1v) is 5.52. The Morgan fingerprint density at radius 3 is 3.00 bits per heavy atom. The van der Waals surface area contributed by atoms with Crippen LogP contribution in [0.5, 0.6) is 0 Å². The minimum Gasteiger partial charge on any atom is -0.392 e. The number of benzene rings is 1. The van der Waals surface area contributed by atoms with Gasteiger partial charge in [0.15, 0.2) is 0 Å². The van der Waals surface area contributed by atoms with Crippen LogP contribution in [0.1, 0.15) is 24.1 Å². The van der Waals surface area contributed by atoms with Crippen LogP contribution < -0.4 is 5.73 Å². The molecule has 0 aromatic heterocycles. The van der Waals surface area contributed by atoms with E-state index >= 15 is 0 Å². The summed E-state index contributed by atoms with van der Waals surface area (Å²) in [7, 11) is 0. The fourth-order valence-electron chi connectivity index (χ4n) is 2.35. The number of rotatable bonds is 3. The van der Waals surface area contributed by atoms with Gasteiger partial charge in [-0.2, -0.15) is 0 Å². The molecule has 0 saturated heterocycles. The Morgan fingerprint density at radius 1 is 1.62 bits per heavy atom. The molecule has 1 heterocycles. The van der Waals surface area contributed by atoms with Crippen molar-refractivity contribution in [2.24, 2.45) is 5.73 Å². The number of β-amino-alcohol motifs (C(OH)–C–C–N with tert-alkyl or cyclic N) is 1. The van der Waals surface area contributed by atoms with Crippen LogP contribution in [0.4, 0.5) is 4.39 Å². The number of hydrogen-bond donors (Lipinski definition) is 2. The molecule has 0 radical (unpaired) electrons. The molecule has 0 spiro atoms. The third-order valence-corrected chi connectivity index (χ3v) is 3.00. The molecule has 88 valence electrons. The molecule has 3 N–H and O–H groups in total. The molecule has 16 heavy (non-hydrogen) atoms. The Bertz CT molecular complexity index is 381. The first-order chi connectivity index (χ1) is 7.61. The zero-order valence-corrected chi connectivity index (χ0v) is 9.36. The summed E-state index contributed by atoms with van der Waals surface area (Å²) in [6, 6.07) is 4.85. The maximum absolute atomic E-state index is 13.2. The minimum atomic E-state index is -0.395. The molecule has 1 aromatic carbocycles. The van der Waals surface area contributed by atoms with Crippen molar-refractivity contribution in [2.45, 2.75) is 25.6 Å². The molecule has 0 amide bonds. The average Bonchev–Trinajstić information content (AvgIpc) is 2.53. The van der Waals surface area contributed by atoms with E-state index in [0.717, 1.165) is 17.7 Å². The van der Waals surface area contributed by atoms with E-state index in [0.29, 0.717) is 13.1 Å². The van der Waals surface area contributed by atoms with Crippen LogP contribution in [0.3, 0.4) is 0 Å². The standard InChI is InChI=1S/C12H17FN2O/c1-8(16)6-15-7-9-2-3-10(13)4-11(9)12(15)5-14/h2-4,8,12,16H,5-7,14H2,1H3. The molecular weight excluding hydrogens is 207 g/mol. The molecule has 2 rings (SSSR count). The van der Waals surface area contributed by atoms with Gasteiger partial charge < -0.3 is 10.8 Å². The molecule has 2 unspecified atom stereocenters. The molecule has 1 aromatic rings. The molecule has 0 saturated carbocycles.